The van der Waals surface area contributed by atoms with E-state index in [-0.39, 0.29) is 11.8 Å². The topological polar surface area (TPSA) is 80.9 Å². The second-order valence-corrected chi connectivity index (χ2v) is 5.47. The van der Waals surface area contributed by atoms with Crippen molar-refractivity contribution in [3.8, 4) is 0 Å². The number of carbonyl (C=O) groups excluding carboxylic acids is 1. The highest BCUT2D eigenvalue weighted by Gasteiger charge is 2.50. The van der Waals surface area contributed by atoms with Crippen LogP contribution in [0.15, 0.2) is 29.2 Å². The molecule has 1 fully saturated rings. The lowest BCUT2D eigenvalue weighted by Crippen LogP contribution is -2.38. The molecule has 1 atom stereocenters. The van der Waals surface area contributed by atoms with Crippen LogP contribution in [0.25, 0.3) is 0 Å². The van der Waals surface area contributed by atoms with Crippen molar-refractivity contribution in [2.75, 3.05) is 0 Å². The molecule has 2 aromatic heterocycles. The lowest BCUT2D eigenvalue weighted by molar-refractivity contribution is -0.123. The molecule has 0 aromatic carbocycles. The zero-order valence-electron chi connectivity index (χ0n) is 10.9. The molecule has 102 valence electrons. The normalized spacial score (nSPS) is 22.3. The van der Waals surface area contributed by atoms with Crippen LogP contribution in [0.2, 0.25) is 0 Å². The first kappa shape index (κ1) is 11.6. The largest absolute Gasteiger partial charge is 0.343 e. The van der Waals surface area contributed by atoms with Crippen molar-refractivity contribution in [3.05, 3.63) is 41.8 Å². The summed E-state index contributed by atoms with van der Waals surface area (Å²) in [6.07, 6.45) is 6.50. The molecule has 0 spiro atoms. The summed E-state index contributed by atoms with van der Waals surface area (Å²) in [4.78, 5) is 21.0. The van der Waals surface area contributed by atoms with Crippen LogP contribution in [0, 0.1) is 0 Å². The maximum atomic E-state index is 12.5. The highest BCUT2D eigenvalue weighted by atomic mass is 16.5. The van der Waals surface area contributed by atoms with Gasteiger partial charge in [0.1, 0.15) is 5.54 Å². The summed E-state index contributed by atoms with van der Waals surface area (Å²) in [5.41, 5.74) is 1.67. The standard InChI is InChI=1S/C14H14N4O2/c19-12(10-4-3-9-2-1-7-15-11(9)10)17-14(5-6-14)13-16-8-20-18-13/h1-2,7-8,10H,3-6H2,(H,17,19). The zero-order valence-corrected chi connectivity index (χ0v) is 10.9. The summed E-state index contributed by atoms with van der Waals surface area (Å²) in [5.74, 6) is 0.436. The van der Waals surface area contributed by atoms with Gasteiger partial charge < -0.3 is 9.84 Å². The van der Waals surface area contributed by atoms with E-state index in [2.05, 4.69) is 20.4 Å². The average Bonchev–Trinajstić information content (AvgIpc) is 2.95. The van der Waals surface area contributed by atoms with Crippen molar-refractivity contribution in [1.82, 2.24) is 20.4 Å². The third kappa shape index (κ3) is 1.71. The van der Waals surface area contributed by atoms with Gasteiger partial charge in [-0.05, 0) is 37.3 Å². The molecule has 2 aliphatic carbocycles. The van der Waals surface area contributed by atoms with Crippen LogP contribution in [-0.4, -0.2) is 21.0 Å². The Morgan fingerprint density at radius 2 is 2.30 bits per heavy atom. The van der Waals surface area contributed by atoms with Crippen molar-refractivity contribution in [2.24, 2.45) is 0 Å². The Morgan fingerprint density at radius 1 is 1.40 bits per heavy atom. The molecule has 1 N–H and O–H groups in total. The lowest BCUT2D eigenvalue weighted by Gasteiger charge is -2.17. The number of hydrogen-bond donors (Lipinski definition) is 1. The van der Waals surface area contributed by atoms with Crippen LogP contribution in [0.4, 0.5) is 0 Å². The predicted octanol–water partition coefficient (Wildman–Crippen LogP) is 1.30. The van der Waals surface area contributed by atoms with E-state index in [9.17, 15) is 4.79 Å². The fourth-order valence-electron chi connectivity index (χ4n) is 2.90. The van der Waals surface area contributed by atoms with Gasteiger partial charge in [-0.2, -0.15) is 4.98 Å². The molecule has 2 aliphatic rings. The van der Waals surface area contributed by atoms with Gasteiger partial charge in [0.25, 0.3) is 0 Å². The van der Waals surface area contributed by atoms with Gasteiger partial charge in [0, 0.05) is 6.20 Å². The monoisotopic (exact) mass is 270 g/mol. The molecule has 1 amide bonds. The smallest absolute Gasteiger partial charge is 0.229 e. The minimum Gasteiger partial charge on any atom is -0.343 e. The highest BCUT2D eigenvalue weighted by molar-refractivity contribution is 5.85. The van der Waals surface area contributed by atoms with Gasteiger partial charge in [-0.15, -0.1) is 0 Å². The number of hydrogen-bond acceptors (Lipinski definition) is 5. The molecule has 0 aliphatic heterocycles. The van der Waals surface area contributed by atoms with Gasteiger partial charge in [-0.25, -0.2) is 0 Å². The van der Waals surface area contributed by atoms with Crippen LogP contribution < -0.4 is 5.32 Å². The molecular weight excluding hydrogens is 256 g/mol. The first-order valence-electron chi connectivity index (χ1n) is 6.81. The van der Waals surface area contributed by atoms with Crippen LogP contribution in [0.3, 0.4) is 0 Å². The summed E-state index contributed by atoms with van der Waals surface area (Å²) in [7, 11) is 0. The van der Waals surface area contributed by atoms with E-state index >= 15 is 0 Å². The Kier molecular flexibility index (Phi) is 2.39. The number of nitrogens with one attached hydrogen (secondary N) is 1. The van der Waals surface area contributed by atoms with Gasteiger partial charge in [0.05, 0.1) is 11.6 Å². The third-order valence-electron chi connectivity index (χ3n) is 4.18. The number of pyridine rings is 1. The van der Waals surface area contributed by atoms with E-state index in [1.54, 1.807) is 6.20 Å². The summed E-state index contributed by atoms with van der Waals surface area (Å²) in [6.45, 7) is 0. The van der Waals surface area contributed by atoms with Gasteiger partial charge in [0.2, 0.25) is 12.3 Å². The molecule has 0 bridgehead atoms. The highest BCUT2D eigenvalue weighted by Crippen LogP contribution is 2.44. The maximum Gasteiger partial charge on any atom is 0.229 e. The molecule has 6 heteroatoms. The molecular formula is C14H14N4O2. The third-order valence-corrected chi connectivity index (χ3v) is 4.18. The fourth-order valence-corrected chi connectivity index (χ4v) is 2.90. The number of carbonyl (C=O) groups is 1. The minimum atomic E-state index is -0.415. The Morgan fingerprint density at radius 3 is 3.05 bits per heavy atom. The van der Waals surface area contributed by atoms with Crippen molar-refractivity contribution in [2.45, 2.75) is 37.1 Å². The van der Waals surface area contributed by atoms with Gasteiger partial charge >= 0.3 is 0 Å². The number of fused-ring (bicyclic) bond motifs is 1. The number of aryl methyl sites for hydroxylation is 1. The summed E-state index contributed by atoms with van der Waals surface area (Å²) in [6, 6.07) is 3.96. The first-order valence-corrected chi connectivity index (χ1v) is 6.81. The second kappa shape index (κ2) is 4.13. The maximum absolute atomic E-state index is 12.5. The second-order valence-electron chi connectivity index (χ2n) is 5.47. The quantitative estimate of drug-likeness (QED) is 0.909. The zero-order chi connectivity index (χ0) is 13.6. The molecule has 6 nitrogen and oxygen atoms in total. The van der Waals surface area contributed by atoms with Gasteiger partial charge in [0.15, 0.2) is 5.82 Å². The van der Waals surface area contributed by atoms with Gasteiger partial charge in [-0.3, -0.25) is 9.78 Å². The number of aromatic nitrogens is 3. The van der Waals surface area contributed by atoms with Crippen LogP contribution >= 0.6 is 0 Å². The van der Waals surface area contributed by atoms with E-state index in [1.165, 1.54) is 12.0 Å². The molecule has 4 rings (SSSR count). The van der Waals surface area contributed by atoms with E-state index in [0.717, 1.165) is 31.4 Å². The SMILES string of the molecule is O=C(NC1(c2ncon2)CC1)C1CCc2cccnc21. The Balaban J connectivity index is 1.55. The Labute approximate surface area is 115 Å². The number of nitrogens with zero attached hydrogens (tertiary/aromatic N) is 3. The van der Waals surface area contributed by atoms with E-state index in [0.29, 0.717) is 5.82 Å². The molecule has 1 saturated carbocycles. The lowest BCUT2D eigenvalue weighted by atomic mass is 10.0. The van der Waals surface area contributed by atoms with Crippen molar-refractivity contribution in [1.29, 1.82) is 0 Å². The van der Waals surface area contributed by atoms with Crippen LogP contribution in [0.1, 0.15) is 42.3 Å². The van der Waals surface area contributed by atoms with Crippen molar-refractivity contribution >= 4 is 5.91 Å². The molecule has 0 saturated heterocycles. The fraction of sp³-hybridized carbons (Fsp3) is 0.429. The predicted molar refractivity (Wildman–Crippen MR) is 68.7 cm³/mol. The first-order chi connectivity index (χ1) is 9.78. The summed E-state index contributed by atoms with van der Waals surface area (Å²) in [5, 5.41) is 6.95. The molecule has 1 unspecified atom stereocenters. The van der Waals surface area contributed by atoms with Crippen LogP contribution in [0.5, 0.6) is 0 Å². The average molecular weight is 270 g/mol. The molecule has 20 heavy (non-hydrogen) atoms. The molecule has 2 heterocycles. The van der Waals surface area contributed by atoms with Crippen molar-refractivity contribution < 1.29 is 9.32 Å². The molecule has 0 radical (unpaired) electrons. The minimum absolute atomic E-state index is 0.0183. The van der Waals surface area contributed by atoms with E-state index in [4.69, 9.17) is 4.52 Å². The Bertz CT molecular complexity index is 649. The van der Waals surface area contributed by atoms with Crippen molar-refractivity contribution in [3.63, 3.8) is 0 Å². The molecule has 2 aromatic rings. The summed E-state index contributed by atoms with van der Waals surface area (Å²) >= 11 is 0. The van der Waals surface area contributed by atoms with Crippen LogP contribution in [-0.2, 0) is 16.8 Å². The van der Waals surface area contributed by atoms with E-state index in [1.807, 2.05) is 12.1 Å². The Hall–Kier alpha value is -2.24. The van der Waals surface area contributed by atoms with E-state index < -0.39 is 5.54 Å². The summed E-state index contributed by atoms with van der Waals surface area (Å²) < 4.78 is 4.78. The number of amides is 1. The van der Waals surface area contributed by atoms with Gasteiger partial charge in [-0.1, -0.05) is 11.2 Å². The number of rotatable bonds is 3.